The highest BCUT2D eigenvalue weighted by molar-refractivity contribution is 5.66. The number of nitrogens with zero attached hydrogens (tertiary/aromatic N) is 4. The molecule has 0 atom stereocenters. The van der Waals surface area contributed by atoms with Crippen molar-refractivity contribution in [1.29, 1.82) is 0 Å². The normalized spacial score (nSPS) is 15.7. The van der Waals surface area contributed by atoms with Crippen molar-refractivity contribution in [1.82, 2.24) is 14.8 Å². The number of anilines is 1. The van der Waals surface area contributed by atoms with Gasteiger partial charge in [-0.15, -0.1) is 0 Å². The second-order valence-electron chi connectivity index (χ2n) is 7.09. The van der Waals surface area contributed by atoms with Gasteiger partial charge in [-0.25, -0.2) is 4.98 Å². The molecule has 2 aromatic heterocycles. The van der Waals surface area contributed by atoms with Crippen LogP contribution in [0.25, 0.3) is 11.1 Å². The van der Waals surface area contributed by atoms with Crippen LogP contribution in [0.1, 0.15) is 52.0 Å². The van der Waals surface area contributed by atoms with Gasteiger partial charge in [0.1, 0.15) is 5.82 Å². The fraction of sp³-hybridized carbons (Fsp3) is 0.500. The van der Waals surface area contributed by atoms with Crippen molar-refractivity contribution in [3.63, 3.8) is 0 Å². The maximum atomic E-state index is 4.56. The molecular formula is C20H28N4. The highest BCUT2D eigenvalue weighted by Crippen LogP contribution is 2.32. The summed E-state index contributed by atoms with van der Waals surface area (Å²) < 4.78 is 1.99. The maximum absolute atomic E-state index is 4.56. The molecule has 4 heteroatoms. The Hall–Kier alpha value is -2.10. The van der Waals surface area contributed by atoms with Crippen molar-refractivity contribution in [3.05, 3.63) is 43.0 Å². The van der Waals surface area contributed by atoms with E-state index in [1.165, 1.54) is 37.8 Å². The van der Waals surface area contributed by atoms with Crippen molar-refractivity contribution in [2.45, 2.75) is 52.0 Å². The molecule has 0 bridgehead atoms. The van der Waals surface area contributed by atoms with Crippen molar-refractivity contribution in [3.8, 4) is 11.1 Å². The zero-order valence-electron chi connectivity index (χ0n) is 15.1. The third-order valence-corrected chi connectivity index (χ3v) is 5.06. The van der Waals surface area contributed by atoms with Crippen molar-refractivity contribution in [2.75, 3.05) is 11.9 Å². The van der Waals surface area contributed by atoms with E-state index in [-0.39, 0.29) is 0 Å². The molecule has 2 aromatic rings. The van der Waals surface area contributed by atoms with Gasteiger partial charge in [-0.2, -0.15) is 5.10 Å². The van der Waals surface area contributed by atoms with Gasteiger partial charge in [0.05, 0.1) is 6.20 Å². The van der Waals surface area contributed by atoms with Gasteiger partial charge in [0.2, 0.25) is 0 Å². The zero-order chi connectivity index (χ0) is 17.1. The van der Waals surface area contributed by atoms with Gasteiger partial charge in [0, 0.05) is 36.7 Å². The van der Waals surface area contributed by atoms with E-state index >= 15 is 0 Å². The van der Waals surface area contributed by atoms with Crippen LogP contribution in [0.4, 0.5) is 5.82 Å². The summed E-state index contributed by atoms with van der Waals surface area (Å²) in [5.41, 5.74) is 3.47. The topological polar surface area (TPSA) is 34.0 Å². The average Bonchev–Trinajstić information content (AvgIpc) is 3.12. The third kappa shape index (κ3) is 3.53. The summed E-state index contributed by atoms with van der Waals surface area (Å²) in [5.74, 6) is 1.55. The largest absolute Gasteiger partial charge is 0.334 e. The molecule has 0 radical (unpaired) electrons. The molecule has 4 nitrogen and oxygen atoms in total. The lowest BCUT2D eigenvalue weighted by Gasteiger charge is -2.30. The molecular weight excluding hydrogens is 296 g/mol. The van der Waals surface area contributed by atoms with Gasteiger partial charge in [-0.1, -0.05) is 25.8 Å². The Bertz CT molecular complexity index is 695. The van der Waals surface area contributed by atoms with Crippen LogP contribution in [0.15, 0.2) is 43.0 Å². The average molecular weight is 324 g/mol. The molecule has 0 aromatic carbocycles. The Kier molecular flexibility index (Phi) is 5.03. The van der Waals surface area contributed by atoms with Crippen LogP contribution in [0, 0.1) is 5.92 Å². The predicted octanol–water partition coefficient (Wildman–Crippen LogP) is 5.06. The van der Waals surface area contributed by atoms with Crippen LogP contribution < -0.4 is 4.90 Å². The summed E-state index contributed by atoms with van der Waals surface area (Å²) in [6, 6.07) is 4.55. The van der Waals surface area contributed by atoms with Crippen LogP contribution in [0.2, 0.25) is 0 Å². The van der Waals surface area contributed by atoms with E-state index in [9.17, 15) is 0 Å². The Morgan fingerprint density at radius 2 is 2.00 bits per heavy atom. The van der Waals surface area contributed by atoms with Crippen LogP contribution in [-0.2, 0) is 0 Å². The maximum Gasteiger partial charge on any atom is 0.132 e. The standard InChI is InChI=1S/C20H28N4/c1-15(2)24-14-19(13-22-24)18-10-11-21-20(12-18)23(4)16(3)17-8-6-5-7-9-17/h10-15,17H,3,5-9H2,1-2,4H3. The lowest BCUT2D eigenvalue weighted by Crippen LogP contribution is -2.24. The molecule has 0 aliphatic heterocycles. The minimum atomic E-state index is 0.369. The molecule has 1 fully saturated rings. The molecule has 0 amide bonds. The SMILES string of the molecule is C=C(C1CCCCC1)N(C)c1cc(-c2cnn(C(C)C)c2)ccn1. The monoisotopic (exact) mass is 324 g/mol. The highest BCUT2D eigenvalue weighted by Gasteiger charge is 2.20. The van der Waals surface area contributed by atoms with Crippen molar-refractivity contribution in [2.24, 2.45) is 5.92 Å². The number of hydrogen-bond acceptors (Lipinski definition) is 3. The fourth-order valence-electron chi connectivity index (χ4n) is 3.41. The summed E-state index contributed by atoms with van der Waals surface area (Å²) in [7, 11) is 2.08. The number of rotatable bonds is 5. The first-order chi connectivity index (χ1) is 11.6. The quantitative estimate of drug-likeness (QED) is 0.771. The number of hydrogen-bond donors (Lipinski definition) is 0. The minimum absolute atomic E-state index is 0.369. The first-order valence-corrected chi connectivity index (χ1v) is 8.99. The number of aromatic nitrogens is 3. The first kappa shape index (κ1) is 16.7. The molecule has 1 saturated carbocycles. The van der Waals surface area contributed by atoms with Crippen molar-refractivity contribution < 1.29 is 0 Å². The van der Waals surface area contributed by atoms with E-state index < -0.39 is 0 Å². The Balaban J connectivity index is 1.79. The van der Waals surface area contributed by atoms with Gasteiger partial charge in [-0.05, 0) is 50.3 Å². The molecule has 128 valence electrons. The van der Waals surface area contributed by atoms with Crippen molar-refractivity contribution >= 4 is 5.82 Å². The lowest BCUT2D eigenvalue weighted by atomic mass is 9.87. The van der Waals surface area contributed by atoms with E-state index in [1.807, 2.05) is 23.1 Å². The smallest absolute Gasteiger partial charge is 0.132 e. The summed E-state index contributed by atoms with van der Waals surface area (Å²) in [6.45, 7) is 8.63. The van der Waals surface area contributed by atoms with E-state index in [0.717, 1.165) is 16.9 Å². The Morgan fingerprint density at radius 3 is 2.67 bits per heavy atom. The first-order valence-electron chi connectivity index (χ1n) is 8.99. The minimum Gasteiger partial charge on any atom is -0.334 e. The lowest BCUT2D eigenvalue weighted by molar-refractivity contribution is 0.398. The van der Waals surface area contributed by atoms with E-state index in [1.54, 1.807) is 0 Å². The Labute approximate surface area is 145 Å². The molecule has 0 spiro atoms. The molecule has 1 aliphatic rings. The van der Waals surface area contributed by atoms with Gasteiger partial charge in [0.25, 0.3) is 0 Å². The summed E-state index contributed by atoms with van der Waals surface area (Å²) in [5, 5.41) is 4.44. The van der Waals surface area contributed by atoms with Gasteiger partial charge < -0.3 is 4.90 Å². The molecule has 0 N–H and O–H groups in total. The summed E-state index contributed by atoms with van der Waals surface area (Å²) in [6.07, 6.45) is 12.4. The van der Waals surface area contributed by atoms with Gasteiger partial charge >= 0.3 is 0 Å². The Morgan fingerprint density at radius 1 is 1.25 bits per heavy atom. The van der Waals surface area contributed by atoms with Gasteiger partial charge in [0.15, 0.2) is 0 Å². The van der Waals surface area contributed by atoms with E-state index in [2.05, 4.69) is 54.7 Å². The molecule has 0 saturated heterocycles. The van der Waals surface area contributed by atoms with Crippen LogP contribution in [0.5, 0.6) is 0 Å². The summed E-state index contributed by atoms with van der Waals surface area (Å²) >= 11 is 0. The zero-order valence-corrected chi connectivity index (χ0v) is 15.1. The van der Waals surface area contributed by atoms with Crippen LogP contribution >= 0.6 is 0 Å². The molecule has 2 heterocycles. The number of pyridine rings is 1. The van der Waals surface area contributed by atoms with Crippen LogP contribution in [-0.4, -0.2) is 21.8 Å². The third-order valence-electron chi connectivity index (χ3n) is 5.06. The van der Waals surface area contributed by atoms with E-state index in [0.29, 0.717) is 12.0 Å². The molecule has 1 aliphatic carbocycles. The highest BCUT2D eigenvalue weighted by atomic mass is 15.3. The fourth-order valence-corrected chi connectivity index (χ4v) is 3.41. The molecule has 24 heavy (non-hydrogen) atoms. The summed E-state index contributed by atoms with van der Waals surface area (Å²) in [4.78, 5) is 6.72. The molecule has 0 unspecified atom stereocenters. The van der Waals surface area contributed by atoms with E-state index in [4.69, 9.17) is 0 Å². The van der Waals surface area contributed by atoms with Crippen LogP contribution in [0.3, 0.4) is 0 Å². The van der Waals surface area contributed by atoms with Gasteiger partial charge in [-0.3, -0.25) is 4.68 Å². The second-order valence-corrected chi connectivity index (χ2v) is 7.09. The molecule has 3 rings (SSSR count). The second kappa shape index (κ2) is 7.20. The number of allylic oxidation sites excluding steroid dienone is 1. The predicted molar refractivity (Wildman–Crippen MR) is 100.0 cm³/mol.